The summed E-state index contributed by atoms with van der Waals surface area (Å²) < 4.78 is 11.1. The van der Waals surface area contributed by atoms with Crippen LogP contribution in [0.5, 0.6) is 0 Å². The fraction of sp³-hybridized carbons (Fsp3) is 1.00. The van der Waals surface area contributed by atoms with Crippen molar-refractivity contribution in [3.05, 3.63) is 0 Å². The van der Waals surface area contributed by atoms with Crippen LogP contribution in [0, 0.1) is 0 Å². The van der Waals surface area contributed by atoms with E-state index >= 15 is 0 Å². The van der Waals surface area contributed by atoms with Gasteiger partial charge in [0.15, 0.2) is 0 Å². The van der Waals surface area contributed by atoms with Crippen molar-refractivity contribution in [2.45, 2.75) is 38.2 Å². The molecule has 0 aromatic rings. The maximum absolute atomic E-state index is 11.1. The molecule has 0 radical (unpaired) electrons. The first kappa shape index (κ1) is 10.8. The van der Waals surface area contributed by atoms with Crippen LogP contribution in [0.25, 0.3) is 0 Å². The molecule has 0 aromatic heterocycles. The zero-order chi connectivity index (χ0) is 8.15. The molecule has 0 saturated heterocycles. The van der Waals surface area contributed by atoms with Gasteiger partial charge in [0, 0.05) is 10.5 Å². The minimum absolute atomic E-state index is 0.481. The van der Waals surface area contributed by atoms with Gasteiger partial charge in [-0.1, -0.05) is 0 Å². The maximum atomic E-state index is 11.1. The second-order valence-electron chi connectivity index (χ2n) is 2.53. The molecule has 0 atom stereocenters. The van der Waals surface area contributed by atoms with Gasteiger partial charge < -0.3 is 0 Å². The first-order valence-electron chi connectivity index (χ1n) is 3.33. The van der Waals surface area contributed by atoms with E-state index in [9.17, 15) is 4.57 Å². The molecular weight excluding hydrogens is 183 g/mol. The van der Waals surface area contributed by atoms with E-state index in [0.29, 0.717) is 10.5 Å². The van der Waals surface area contributed by atoms with E-state index < -0.39 is 6.20 Å². The van der Waals surface area contributed by atoms with Gasteiger partial charge in [0.2, 0.25) is 0 Å². The van der Waals surface area contributed by atoms with Gasteiger partial charge in [0.25, 0.3) is 0 Å². The standard InChI is InChI=1S/C6H14OPS2/c1-5(2)9-8(7)10-6(3)4/h5-6H,1-4H3/q+1. The Kier molecular flexibility index (Phi) is 5.89. The summed E-state index contributed by atoms with van der Waals surface area (Å²) in [6, 6.07) is 0. The molecule has 0 spiro atoms. The lowest BCUT2D eigenvalue weighted by Crippen LogP contribution is -1.83. The van der Waals surface area contributed by atoms with Crippen LogP contribution in [-0.2, 0) is 4.57 Å². The molecule has 0 rings (SSSR count). The van der Waals surface area contributed by atoms with Crippen molar-refractivity contribution < 1.29 is 4.57 Å². The molecule has 0 saturated carbocycles. The van der Waals surface area contributed by atoms with Crippen molar-refractivity contribution in [3.8, 4) is 0 Å². The number of rotatable bonds is 4. The Balaban J connectivity index is 3.44. The molecule has 0 unspecified atom stereocenters. The molecule has 0 amide bonds. The Labute approximate surface area is 72.0 Å². The average Bonchev–Trinajstić information content (AvgIpc) is 1.58. The van der Waals surface area contributed by atoms with Gasteiger partial charge in [-0.15, -0.1) is 0 Å². The number of hydrogen-bond acceptors (Lipinski definition) is 3. The lowest BCUT2D eigenvalue weighted by Gasteiger charge is -1.92. The van der Waals surface area contributed by atoms with Crippen molar-refractivity contribution in [1.82, 2.24) is 0 Å². The summed E-state index contributed by atoms with van der Waals surface area (Å²) in [6.07, 6.45) is -1.08. The van der Waals surface area contributed by atoms with Crippen molar-refractivity contribution >= 4 is 29.0 Å². The summed E-state index contributed by atoms with van der Waals surface area (Å²) in [4.78, 5) is 0. The van der Waals surface area contributed by atoms with Gasteiger partial charge in [-0.2, -0.15) is 0 Å². The SMILES string of the molecule is CC(C)S[P+](=O)SC(C)C. The Hall–Kier alpha value is 0.800. The third-order valence-electron chi connectivity index (χ3n) is 0.594. The summed E-state index contributed by atoms with van der Waals surface area (Å²) >= 11 is 3.11. The van der Waals surface area contributed by atoms with E-state index in [1.54, 1.807) is 22.8 Å². The largest absolute Gasteiger partial charge is 0.484 e. The molecule has 0 aromatic carbocycles. The molecule has 1 nitrogen and oxygen atoms in total. The Bertz CT molecular complexity index is 102. The molecule has 0 heterocycles. The minimum Gasteiger partial charge on any atom is -0.0495 e. The quantitative estimate of drug-likeness (QED) is 0.636. The van der Waals surface area contributed by atoms with Gasteiger partial charge in [-0.05, 0) is 32.3 Å². The molecule has 0 aliphatic rings. The van der Waals surface area contributed by atoms with Gasteiger partial charge >= 0.3 is 6.20 Å². The highest BCUT2D eigenvalue weighted by Gasteiger charge is 2.23. The fourth-order valence-corrected chi connectivity index (χ4v) is 6.87. The van der Waals surface area contributed by atoms with E-state index in [1.165, 1.54) is 0 Å². The van der Waals surface area contributed by atoms with Crippen LogP contribution < -0.4 is 0 Å². The van der Waals surface area contributed by atoms with E-state index in [1.807, 2.05) is 0 Å². The summed E-state index contributed by atoms with van der Waals surface area (Å²) in [5.74, 6) is 0. The molecule has 0 fully saturated rings. The van der Waals surface area contributed by atoms with Crippen LogP contribution in [0.3, 0.4) is 0 Å². The third kappa shape index (κ3) is 6.91. The van der Waals surface area contributed by atoms with Crippen molar-refractivity contribution in [2.75, 3.05) is 0 Å². The highest BCUT2D eigenvalue weighted by molar-refractivity contribution is 8.84. The van der Waals surface area contributed by atoms with Gasteiger partial charge in [0.1, 0.15) is 22.8 Å². The summed E-state index contributed by atoms with van der Waals surface area (Å²) in [6.45, 7) is 8.27. The Morgan fingerprint density at radius 2 is 1.30 bits per heavy atom. The van der Waals surface area contributed by atoms with Gasteiger partial charge in [-0.25, -0.2) is 0 Å². The predicted octanol–water partition coefficient (Wildman–Crippen LogP) is 3.93. The second-order valence-corrected chi connectivity index (χ2v) is 9.23. The van der Waals surface area contributed by atoms with E-state index in [-0.39, 0.29) is 0 Å². The van der Waals surface area contributed by atoms with Crippen molar-refractivity contribution in [3.63, 3.8) is 0 Å². The van der Waals surface area contributed by atoms with Crippen LogP contribution >= 0.6 is 29.0 Å². The normalized spacial score (nSPS) is 11.0. The highest BCUT2D eigenvalue weighted by Crippen LogP contribution is 2.53. The molecule has 0 aliphatic heterocycles. The summed E-state index contributed by atoms with van der Waals surface area (Å²) in [7, 11) is 0. The molecule has 60 valence electrons. The van der Waals surface area contributed by atoms with Gasteiger partial charge in [-0.3, -0.25) is 0 Å². The highest BCUT2D eigenvalue weighted by atomic mass is 33.1. The van der Waals surface area contributed by atoms with Crippen LogP contribution in [0.2, 0.25) is 0 Å². The molecular formula is C6H14OPS2+. The first-order chi connectivity index (χ1) is 4.52. The molecule has 4 heteroatoms. The molecule has 0 N–H and O–H groups in total. The number of hydrogen-bond donors (Lipinski definition) is 0. The van der Waals surface area contributed by atoms with E-state index in [4.69, 9.17) is 0 Å². The monoisotopic (exact) mass is 197 g/mol. The topological polar surface area (TPSA) is 17.1 Å². The zero-order valence-electron chi connectivity index (χ0n) is 6.83. The molecule has 0 bridgehead atoms. The average molecular weight is 197 g/mol. The smallest absolute Gasteiger partial charge is 0.0495 e. The van der Waals surface area contributed by atoms with Crippen LogP contribution in [0.15, 0.2) is 0 Å². The van der Waals surface area contributed by atoms with Crippen LogP contribution in [-0.4, -0.2) is 10.5 Å². The van der Waals surface area contributed by atoms with Crippen LogP contribution in [0.4, 0.5) is 0 Å². The second kappa shape index (κ2) is 5.45. The van der Waals surface area contributed by atoms with Gasteiger partial charge in [0.05, 0.1) is 0 Å². The fourth-order valence-electron chi connectivity index (χ4n) is 0.369. The predicted molar refractivity (Wildman–Crippen MR) is 53.1 cm³/mol. The maximum Gasteiger partial charge on any atom is 0.484 e. The summed E-state index contributed by atoms with van der Waals surface area (Å²) in [5, 5.41) is 0.963. The van der Waals surface area contributed by atoms with Crippen molar-refractivity contribution in [2.24, 2.45) is 0 Å². The molecule has 10 heavy (non-hydrogen) atoms. The lowest BCUT2D eigenvalue weighted by molar-refractivity contribution is 0.603. The Morgan fingerprint density at radius 1 is 1.00 bits per heavy atom. The van der Waals surface area contributed by atoms with E-state index in [0.717, 1.165) is 0 Å². The van der Waals surface area contributed by atoms with Crippen molar-refractivity contribution in [1.29, 1.82) is 0 Å². The zero-order valence-corrected chi connectivity index (χ0v) is 9.35. The minimum atomic E-state index is -1.08. The Morgan fingerprint density at radius 3 is 1.50 bits per heavy atom. The van der Waals surface area contributed by atoms with E-state index in [2.05, 4.69) is 27.7 Å². The van der Waals surface area contributed by atoms with Crippen LogP contribution in [0.1, 0.15) is 27.7 Å². The summed E-state index contributed by atoms with van der Waals surface area (Å²) in [5.41, 5.74) is 0. The molecule has 0 aliphatic carbocycles. The first-order valence-corrected chi connectivity index (χ1v) is 7.56. The third-order valence-corrected chi connectivity index (χ3v) is 6.89. The lowest BCUT2D eigenvalue weighted by atomic mass is 10.6.